The summed E-state index contributed by atoms with van der Waals surface area (Å²) in [5, 5.41) is 14.5. The zero-order valence-corrected chi connectivity index (χ0v) is 14.7. The van der Waals surface area contributed by atoms with Crippen molar-refractivity contribution in [1.29, 1.82) is 0 Å². The van der Waals surface area contributed by atoms with Gasteiger partial charge in [0.15, 0.2) is 0 Å². The summed E-state index contributed by atoms with van der Waals surface area (Å²) in [6.07, 6.45) is 0.211. The molecule has 0 aromatic rings. The van der Waals surface area contributed by atoms with Crippen molar-refractivity contribution >= 4 is 17.7 Å². The van der Waals surface area contributed by atoms with E-state index in [9.17, 15) is 19.5 Å². The first-order valence-corrected chi connectivity index (χ1v) is 7.72. The van der Waals surface area contributed by atoms with Crippen LogP contribution >= 0.6 is 0 Å². The maximum absolute atomic E-state index is 12.4. The standard InChI is InChI=1S/C15H30N4O4/c1-6-15(5,13(23)17-7-10(2)20)9-14(3,4)12(22)18-8-11(21)19-16/h10,20H,6-9,16H2,1-5H3,(H,17,23)(H,18,22)(H,19,21). The molecule has 0 spiro atoms. The highest BCUT2D eigenvalue weighted by Crippen LogP contribution is 2.37. The van der Waals surface area contributed by atoms with E-state index in [-0.39, 0.29) is 24.9 Å². The first-order chi connectivity index (χ1) is 10.5. The van der Waals surface area contributed by atoms with Gasteiger partial charge in [0.25, 0.3) is 5.91 Å². The third-order valence-electron chi connectivity index (χ3n) is 3.90. The van der Waals surface area contributed by atoms with Gasteiger partial charge in [0.2, 0.25) is 11.8 Å². The average molecular weight is 330 g/mol. The smallest absolute Gasteiger partial charge is 0.253 e. The van der Waals surface area contributed by atoms with Gasteiger partial charge in [-0.15, -0.1) is 0 Å². The van der Waals surface area contributed by atoms with E-state index in [0.717, 1.165) is 0 Å². The van der Waals surface area contributed by atoms with Crippen molar-refractivity contribution in [1.82, 2.24) is 16.1 Å². The number of amides is 3. The van der Waals surface area contributed by atoms with Gasteiger partial charge in [-0.2, -0.15) is 0 Å². The van der Waals surface area contributed by atoms with E-state index in [0.29, 0.717) is 12.8 Å². The minimum Gasteiger partial charge on any atom is -0.392 e. The molecule has 2 unspecified atom stereocenters. The molecule has 0 aromatic heterocycles. The Morgan fingerprint density at radius 1 is 1.13 bits per heavy atom. The number of hydrogen-bond acceptors (Lipinski definition) is 5. The topological polar surface area (TPSA) is 134 Å². The molecule has 0 rings (SSSR count). The molecule has 3 amide bonds. The summed E-state index contributed by atoms with van der Waals surface area (Å²) in [5.74, 6) is 3.93. The molecule has 0 aromatic carbocycles. The Bertz CT molecular complexity index is 437. The number of carbonyl (C=O) groups excluding carboxylic acids is 3. The highest BCUT2D eigenvalue weighted by Gasteiger charge is 2.40. The molecule has 8 nitrogen and oxygen atoms in total. The molecular formula is C15H30N4O4. The van der Waals surface area contributed by atoms with Gasteiger partial charge in [-0.25, -0.2) is 5.84 Å². The molecule has 0 saturated heterocycles. The third-order valence-corrected chi connectivity index (χ3v) is 3.90. The zero-order valence-electron chi connectivity index (χ0n) is 14.7. The first-order valence-electron chi connectivity index (χ1n) is 7.72. The van der Waals surface area contributed by atoms with Crippen LogP contribution in [0.1, 0.15) is 47.5 Å². The number of aliphatic hydroxyl groups excluding tert-OH is 1. The summed E-state index contributed by atoms with van der Waals surface area (Å²) >= 11 is 0. The molecule has 0 bridgehead atoms. The van der Waals surface area contributed by atoms with E-state index in [1.54, 1.807) is 27.7 Å². The Morgan fingerprint density at radius 3 is 2.13 bits per heavy atom. The summed E-state index contributed by atoms with van der Waals surface area (Å²) in [4.78, 5) is 35.7. The normalized spacial score (nSPS) is 15.3. The molecule has 0 aliphatic carbocycles. The Labute approximate surface area is 137 Å². The second kappa shape index (κ2) is 8.83. The van der Waals surface area contributed by atoms with E-state index in [2.05, 4.69) is 10.6 Å². The lowest BCUT2D eigenvalue weighted by Gasteiger charge is -2.35. The lowest BCUT2D eigenvalue weighted by atomic mass is 9.71. The van der Waals surface area contributed by atoms with Gasteiger partial charge >= 0.3 is 0 Å². The number of hydrazine groups is 1. The molecule has 0 aliphatic heterocycles. The molecule has 0 saturated carbocycles. The van der Waals surface area contributed by atoms with Crippen LogP contribution in [0.25, 0.3) is 0 Å². The van der Waals surface area contributed by atoms with Crippen LogP contribution in [0.2, 0.25) is 0 Å². The van der Waals surface area contributed by atoms with Gasteiger partial charge in [-0.3, -0.25) is 19.8 Å². The predicted molar refractivity (Wildman–Crippen MR) is 86.8 cm³/mol. The van der Waals surface area contributed by atoms with Crippen LogP contribution in [0.3, 0.4) is 0 Å². The Balaban J connectivity index is 4.88. The molecular weight excluding hydrogens is 300 g/mol. The Morgan fingerprint density at radius 2 is 1.70 bits per heavy atom. The van der Waals surface area contributed by atoms with Gasteiger partial charge in [0.05, 0.1) is 12.6 Å². The van der Waals surface area contributed by atoms with Crippen molar-refractivity contribution < 1.29 is 19.5 Å². The maximum Gasteiger partial charge on any atom is 0.253 e. The summed E-state index contributed by atoms with van der Waals surface area (Å²) < 4.78 is 0. The third kappa shape index (κ3) is 6.96. The van der Waals surface area contributed by atoms with Gasteiger partial charge in [-0.05, 0) is 19.8 Å². The number of carbonyl (C=O) groups is 3. The molecule has 134 valence electrons. The van der Waals surface area contributed by atoms with Crippen LogP contribution in [0.5, 0.6) is 0 Å². The van der Waals surface area contributed by atoms with E-state index >= 15 is 0 Å². The lowest BCUT2D eigenvalue weighted by Crippen LogP contribution is -2.48. The molecule has 8 heteroatoms. The molecule has 0 fully saturated rings. The Hall–Kier alpha value is -1.67. The minimum atomic E-state index is -0.845. The Kier molecular flexibility index (Phi) is 8.19. The van der Waals surface area contributed by atoms with Crippen molar-refractivity contribution in [2.75, 3.05) is 13.1 Å². The fourth-order valence-corrected chi connectivity index (χ4v) is 2.33. The van der Waals surface area contributed by atoms with Gasteiger partial charge in [-0.1, -0.05) is 27.7 Å². The van der Waals surface area contributed by atoms with E-state index in [1.165, 1.54) is 0 Å². The molecule has 23 heavy (non-hydrogen) atoms. The van der Waals surface area contributed by atoms with Crippen LogP contribution in [0.15, 0.2) is 0 Å². The lowest BCUT2D eigenvalue weighted by molar-refractivity contribution is -0.138. The number of nitrogens with two attached hydrogens (primary N) is 1. The van der Waals surface area contributed by atoms with E-state index < -0.39 is 22.8 Å². The van der Waals surface area contributed by atoms with Crippen molar-refractivity contribution in [3.63, 3.8) is 0 Å². The summed E-state index contributed by atoms with van der Waals surface area (Å²) in [5.41, 5.74) is 0.332. The summed E-state index contributed by atoms with van der Waals surface area (Å²) in [6.45, 7) is 8.64. The monoisotopic (exact) mass is 330 g/mol. The molecule has 6 N–H and O–H groups in total. The van der Waals surface area contributed by atoms with Crippen LogP contribution in [-0.4, -0.2) is 42.0 Å². The number of aliphatic hydroxyl groups is 1. The number of rotatable bonds is 9. The largest absolute Gasteiger partial charge is 0.392 e. The minimum absolute atomic E-state index is 0.164. The SMILES string of the molecule is CCC(C)(CC(C)(C)C(=O)NCC(=O)NN)C(=O)NCC(C)O. The van der Waals surface area contributed by atoms with Gasteiger partial charge in [0.1, 0.15) is 0 Å². The highest BCUT2D eigenvalue weighted by atomic mass is 16.3. The van der Waals surface area contributed by atoms with Crippen LogP contribution in [0.4, 0.5) is 0 Å². The quantitative estimate of drug-likeness (QED) is 0.219. The zero-order chi connectivity index (χ0) is 18.3. The van der Waals surface area contributed by atoms with Crippen LogP contribution in [0, 0.1) is 10.8 Å². The maximum atomic E-state index is 12.4. The van der Waals surface area contributed by atoms with Crippen molar-refractivity contribution in [2.24, 2.45) is 16.7 Å². The van der Waals surface area contributed by atoms with Crippen LogP contribution in [-0.2, 0) is 14.4 Å². The molecule has 0 aliphatic rings. The fourth-order valence-electron chi connectivity index (χ4n) is 2.33. The number of nitrogens with one attached hydrogen (secondary N) is 3. The van der Waals surface area contributed by atoms with Gasteiger partial charge < -0.3 is 15.7 Å². The highest BCUT2D eigenvalue weighted by molar-refractivity contribution is 5.88. The predicted octanol–water partition coefficient (Wildman–Crippen LogP) is -0.578. The van der Waals surface area contributed by atoms with E-state index in [1.807, 2.05) is 12.3 Å². The van der Waals surface area contributed by atoms with Crippen molar-refractivity contribution in [2.45, 2.75) is 53.6 Å². The van der Waals surface area contributed by atoms with Crippen LogP contribution < -0.4 is 21.9 Å². The summed E-state index contributed by atoms with van der Waals surface area (Å²) in [7, 11) is 0. The molecule has 0 heterocycles. The first kappa shape index (κ1) is 21.3. The fraction of sp³-hybridized carbons (Fsp3) is 0.800. The average Bonchev–Trinajstić information content (AvgIpc) is 2.48. The van der Waals surface area contributed by atoms with Gasteiger partial charge in [0, 0.05) is 17.4 Å². The molecule has 0 radical (unpaired) electrons. The summed E-state index contributed by atoms with van der Waals surface area (Å²) in [6, 6.07) is 0. The second-order valence-electron chi connectivity index (χ2n) is 6.78. The second-order valence-corrected chi connectivity index (χ2v) is 6.78. The van der Waals surface area contributed by atoms with E-state index in [4.69, 9.17) is 5.84 Å². The number of hydrogen-bond donors (Lipinski definition) is 5. The van der Waals surface area contributed by atoms with Crippen molar-refractivity contribution in [3.8, 4) is 0 Å². The molecule has 2 atom stereocenters. The van der Waals surface area contributed by atoms with Crippen molar-refractivity contribution in [3.05, 3.63) is 0 Å².